The molecular formula is C16H14FN3O4S. The highest BCUT2D eigenvalue weighted by Gasteiger charge is 2.15. The van der Waals surface area contributed by atoms with Crippen LogP contribution in [0.25, 0.3) is 10.9 Å². The largest absolute Gasteiger partial charge is 0.326 e. The second-order valence-electron chi connectivity index (χ2n) is 5.52. The van der Waals surface area contributed by atoms with E-state index in [9.17, 15) is 22.4 Å². The third-order valence-electron chi connectivity index (χ3n) is 3.72. The highest BCUT2D eigenvalue weighted by molar-refractivity contribution is 7.89. The summed E-state index contributed by atoms with van der Waals surface area (Å²) >= 11 is 0. The predicted octanol–water partition coefficient (Wildman–Crippen LogP) is 1.14. The van der Waals surface area contributed by atoms with Gasteiger partial charge in [0.05, 0.1) is 15.8 Å². The lowest BCUT2D eigenvalue weighted by atomic mass is 10.1. The Morgan fingerprint density at radius 3 is 2.56 bits per heavy atom. The molecule has 0 aliphatic rings. The van der Waals surface area contributed by atoms with E-state index in [0.29, 0.717) is 11.1 Å². The lowest BCUT2D eigenvalue weighted by Gasteiger charge is -2.08. The van der Waals surface area contributed by atoms with Gasteiger partial charge in [0.15, 0.2) is 0 Å². The maximum atomic E-state index is 13.5. The molecule has 0 aliphatic carbocycles. The van der Waals surface area contributed by atoms with E-state index in [-0.39, 0.29) is 22.3 Å². The first-order valence-electron chi connectivity index (χ1n) is 7.27. The number of sulfonamides is 1. The average molecular weight is 363 g/mol. The van der Waals surface area contributed by atoms with Crippen LogP contribution in [0, 0.1) is 12.7 Å². The third-order valence-corrected chi connectivity index (χ3v) is 5.12. The Morgan fingerprint density at radius 1 is 1.08 bits per heavy atom. The first kappa shape index (κ1) is 17.1. The third kappa shape index (κ3) is 3.52. The van der Waals surface area contributed by atoms with Crippen LogP contribution in [0.3, 0.4) is 0 Å². The molecule has 3 N–H and O–H groups in total. The summed E-state index contributed by atoms with van der Waals surface area (Å²) < 4.78 is 40.7. The standard InChI is InChI=1S/C16H14FN3O4S/c1-9-2-3-10(6-13(9)17)8-18-25(23,24)11-4-5-14-12(7-11)15(21)20-16(22)19-14/h2-7,18H,8H2,1H3,(H2,19,20,21,22). The Bertz CT molecular complexity index is 1180. The molecule has 0 spiro atoms. The molecule has 0 aliphatic heterocycles. The minimum atomic E-state index is -3.92. The lowest BCUT2D eigenvalue weighted by molar-refractivity contribution is 0.580. The number of hydrogen-bond donors (Lipinski definition) is 3. The Balaban J connectivity index is 1.91. The van der Waals surface area contributed by atoms with Crippen LogP contribution in [0.2, 0.25) is 0 Å². The van der Waals surface area contributed by atoms with Gasteiger partial charge in [-0.3, -0.25) is 9.78 Å². The van der Waals surface area contributed by atoms with Crippen LogP contribution in [0.15, 0.2) is 50.9 Å². The smallest absolute Gasteiger partial charge is 0.307 e. The molecule has 3 rings (SSSR count). The van der Waals surface area contributed by atoms with Crippen molar-refractivity contribution in [3.05, 3.63) is 74.2 Å². The molecule has 1 heterocycles. The van der Waals surface area contributed by atoms with E-state index in [1.807, 2.05) is 4.98 Å². The topological polar surface area (TPSA) is 112 Å². The summed E-state index contributed by atoms with van der Waals surface area (Å²) in [5, 5.41) is 0.0452. The van der Waals surface area contributed by atoms with Crippen LogP contribution in [-0.2, 0) is 16.6 Å². The number of aromatic amines is 2. The minimum absolute atomic E-state index is 0.0452. The van der Waals surface area contributed by atoms with Gasteiger partial charge in [-0.2, -0.15) is 0 Å². The summed E-state index contributed by atoms with van der Waals surface area (Å²) in [5.74, 6) is -0.419. The van der Waals surface area contributed by atoms with Crippen LogP contribution in [-0.4, -0.2) is 18.4 Å². The van der Waals surface area contributed by atoms with E-state index in [1.165, 1.54) is 24.3 Å². The SMILES string of the molecule is Cc1ccc(CNS(=O)(=O)c2ccc3[nH]c(=O)[nH]c(=O)c3c2)cc1F. The van der Waals surface area contributed by atoms with Crippen LogP contribution < -0.4 is 16.0 Å². The number of benzene rings is 2. The summed E-state index contributed by atoms with van der Waals surface area (Å²) in [6, 6.07) is 8.22. The highest BCUT2D eigenvalue weighted by atomic mass is 32.2. The molecule has 2 aromatic carbocycles. The fourth-order valence-corrected chi connectivity index (χ4v) is 3.36. The van der Waals surface area contributed by atoms with Crippen molar-refractivity contribution >= 4 is 20.9 Å². The average Bonchev–Trinajstić information content (AvgIpc) is 2.55. The normalized spacial score (nSPS) is 11.8. The monoisotopic (exact) mass is 363 g/mol. The summed E-state index contributed by atoms with van der Waals surface area (Å²) in [7, 11) is -3.92. The van der Waals surface area contributed by atoms with Gasteiger partial charge >= 0.3 is 5.69 Å². The van der Waals surface area contributed by atoms with Gasteiger partial charge in [0.1, 0.15) is 5.82 Å². The molecule has 0 fully saturated rings. The van der Waals surface area contributed by atoms with Crippen LogP contribution in [0.5, 0.6) is 0 Å². The van der Waals surface area contributed by atoms with Crippen molar-refractivity contribution < 1.29 is 12.8 Å². The van der Waals surface area contributed by atoms with Crippen LogP contribution in [0.1, 0.15) is 11.1 Å². The van der Waals surface area contributed by atoms with E-state index in [4.69, 9.17) is 0 Å². The number of nitrogens with one attached hydrogen (secondary N) is 3. The second-order valence-corrected chi connectivity index (χ2v) is 7.29. The summed E-state index contributed by atoms with van der Waals surface area (Å²) in [4.78, 5) is 27.3. The maximum absolute atomic E-state index is 13.5. The summed E-state index contributed by atoms with van der Waals surface area (Å²) in [6.45, 7) is 1.51. The number of fused-ring (bicyclic) bond motifs is 1. The molecule has 0 unspecified atom stereocenters. The number of H-pyrrole nitrogens is 2. The van der Waals surface area contributed by atoms with E-state index < -0.39 is 27.1 Å². The van der Waals surface area contributed by atoms with Gasteiger partial charge in [-0.05, 0) is 42.3 Å². The highest BCUT2D eigenvalue weighted by Crippen LogP contribution is 2.15. The first-order chi connectivity index (χ1) is 11.8. The number of aryl methyl sites for hydroxylation is 1. The zero-order valence-electron chi connectivity index (χ0n) is 13.1. The number of halogens is 1. The fraction of sp³-hybridized carbons (Fsp3) is 0.125. The van der Waals surface area contributed by atoms with Crippen molar-refractivity contribution in [2.24, 2.45) is 0 Å². The van der Waals surface area contributed by atoms with Gasteiger partial charge in [0, 0.05) is 6.54 Å². The summed E-state index contributed by atoms with van der Waals surface area (Å²) in [6.07, 6.45) is 0. The Hall–Kier alpha value is -2.78. The zero-order valence-corrected chi connectivity index (χ0v) is 13.9. The van der Waals surface area contributed by atoms with E-state index >= 15 is 0 Å². The van der Waals surface area contributed by atoms with Crippen molar-refractivity contribution in [1.29, 1.82) is 0 Å². The van der Waals surface area contributed by atoms with Gasteiger partial charge in [-0.1, -0.05) is 12.1 Å². The molecule has 0 saturated heterocycles. The zero-order chi connectivity index (χ0) is 18.2. The second kappa shape index (κ2) is 6.26. The molecule has 9 heteroatoms. The lowest BCUT2D eigenvalue weighted by Crippen LogP contribution is -2.25. The Kier molecular flexibility index (Phi) is 4.27. The molecule has 0 amide bonds. The molecule has 130 valence electrons. The maximum Gasteiger partial charge on any atom is 0.326 e. The van der Waals surface area contributed by atoms with E-state index in [1.54, 1.807) is 19.1 Å². The molecule has 3 aromatic rings. The number of aromatic nitrogens is 2. The van der Waals surface area contributed by atoms with Crippen LogP contribution in [0.4, 0.5) is 4.39 Å². The van der Waals surface area contributed by atoms with Crippen molar-refractivity contribution in [1.82, 2.24) is 14.7 Å². The Morgan fingerprint density at radius 2 is 1.84 bits per heavy atom. The van der Waals surface area contributed by atoms with Gasteiger partial charge < -0.3 is 4.98 Å². The fourth-order valence-electron chi connectivity index (χ4n) is 2.32. The first-order valence-corrected chi connectivity index (χ1v) is 8.76. The van der Waals surface area contributed by atoms with Gasteiger partial charge in [-0.15, -0.1) is 0 Å². The molecule has 7 nitrogen and oxygen atoms in total. The van der Waals surface area contributed by atoms with Gasteiger partial charge in [0.25, 0.3) is 5.56 Å². The number of hydrogen-bond acceptors (Lipinski definition) is 4. The minimum Gasteiger partial charge on any atom is -0.307 e. The summed E-state index contributed by atoms with van der Waals surface area (Å²) in [5.41, 5.74) is -0.193. The molecule has 0 saturated carbocycles. The van der Waals surface area contributed by atoms with E-state index in [0.717, 1.165) is 0 Å². The predicted molar refractivity (Wildman–Crippen MR) is 90.4 cm³/mol. The molecule has 25 heavy (non-hydrogen) atoms. The van der Waals surface area contributed by atoms with Crippen molar-refractivity contribution in [2.45, 2.75) is 18.4 Å². The van der Waals surface area contributed by atoms with Crippen LogP contribution >= 0.6 is 0 Å². The molecule has 1 aromatic heterocycles. The van der Waals surface area contributed by atoms with Gasteiger partial charge in [-0.25, -0.2) is 22.3 Å². The Labute approximate surface area is 141 Å². The van der Waals surface area contributed by atoms with Crippen molar-refractivity contribution in [3.63, 3.8) is 0 Å². The quantitative estimate of drug-likeness (QED) is 0.645. The number of rotatable bonds is 4. The molecule has 0 radical (unpaired) electrons. The van der Waals surface area contributed by atoms with E-state index in [2.05, 4.69) is 9.71 Å². The molecule has 0 bridgehead atoms. The van der Waals surface area contributed by atoms with Crippen molar-refractivity contribution in [2.75, 3.05) is 0 Å². The van der Waals surface area contributed by atoms with Crippen molar-refractivity contribution in [3.8, 4) is 0 Å². The van der Waals surface area contributed by atoms with Gasteiger partial charge in [0.2, 0.25) is 10.0 Å². The molecular weight excluding hydrogens is 349 g/mol. The molecule has 0 atom stereocenters.